The summed E-state index contributed by atoms with van der Waals surface area (Å²) in [6, 6.07) is 9.65. The number of piperazine rings is 1. The lowest BCUT2D eigenvalue weighted by Crippen LogP contribution is -2.48. The molecule has 3 rings (SSSR count). The Morgan fingerprint density at radius 1 is 1.07 bits per heavy atom. The number of anilines is 1. The molecule has 2 heterocycles. The molecule has 0 saturated carbocycles. The third kappa shape index (κ3) is 5.38. The lowest BCUT2D eigenvalue weighted by atomic mass is 10.1. The molecule has 0 bridgehead atoms. The summed E-state index contributed by atoms with van der Waals surface area (Å²) >= 11 is 0. The fourth-order valence-electron chi connectivity index (χ4n) is 3.47. The van der Waals surface area contributed by atoms with Crippen LogP contribution in [0.1, 0.15) is 23.0 Å². The first-order chi connectivity index (χ1) is 14.1. The minimum Gasteiger partial charge on any atom is -0.493 e. The van der Waals surface area contributed by atoms with E-state index in [9.17, 15) is 4.79 Å². The third-order valence-electron chi connectivity index (χ3n) is 5.28. The molecule has 7 heteroatoms. The first-order valence-corrected chi connectivity index (χ1v) is 10.1. The molecule has 1 N–H and O–H groups in total. The molecule has 0 atom stereocenters. The van der Waals surface area contributed by atoms with Gasteiger partial charge in [0, 0.05) is 44.6 Å². The number of carbonyl (C=O) groups excluding carboxylic acids is 1. The second-order valence-electron chi connectivity index (χ2n) is 7.02. The van der Waals surface area contributed by atoms with Crippen LogP contribution in [0.3, 0.4) is 0 Å². The molecular weight excluding hydrogens is 368 g/mol. The summed E-state index contributed by atoms with van der Waals surface area (Å²) in [6.45, 7) is 7.27. The quantitative estimate of drug-likeness (QED) is 0.737. The van der Waals surface area contributed by atoms with Gasteiger partial charge in [-0.1, -0.05) is 13.0 Å². The Balaban J connectivity index is 1.55. The predicted octanol–water partition coefficient (Wildman–Crippen LogP) is 2.53. The molecule has 156 valence electrons. The van der Waals surface area contributed by atoms with Gasteiger partial charge in [-0.15, -0.1) is 0 Å². The molecule has 2 aromatic rings. The summed E-state index contributed by atoms with van der Waals surface area (Å²) in [5, 5.41) is 3.38. The molecule has 1 fully saturated rings. The van der Waals surface area contributed by atoms with Gasteiger partial charge in [-0.25, -0.2) is 0 Å². The van der Waals surface area contributed by atoms with Crippen LogP contribution in [0.5, 0.6) is 11.5 Å². The molecule has 0 radical (unpaired) electrons. The van der Waals surface area contributed by atoms with E-state index in [1.54, 1.807) is 20.4 Å². The van der Waals surface area contributed by atoms with Gasteiger partial charge in [0.2, 0.25) is 0 Å². The number of hydrogen-bond donors (Lipinski definition) is 1. The molecule has 29 heavy (non-hydrogen) atoms. The van der Waals surface area contributed by atoms with Crippen LogP contribution in [0.25, 0.3) is 0 Å². The molecule has 1 amide bonds. The van der Waals surface area contributed by atoms with E-state index in [-0.39, 0.29) is 5.91 Å². The number of likely N-dealkylation sites (N-methyl/N-ethyl adjacent to an activating group) is 1. The lowest BCUT2D eigenvalue weighted by Gasteiger charge is -2.33. The maximum absolute atomic E-state index is 12.8. The molecule has 1 aromatic heterocycles. The largest absolute Gasteiger partial charge is 0.493 e. The molecule has 1 saturated heterocycles. The fraction of sp³-hybridized carbons (Fsp3) is 0.455. The molecule has 1 aliphatic rings. The van der Waals surface area contributed by atoms with Gasteiger partial charge in [-0.05, 0) is 42.8 Å². The van der Waals surface area contributed by atoms with E-state index in [1.165, 1.54) is 0 Å². The zero-order chi connectivity index (χ0) is 20.6. The number of pyridine rings is 1. The minimum atomic E-state index is 0.00398. The van der Waals surface area contributed by atoms with Gasteiger partial charge in [0.1, 0.15) is 5.69 Å². The molecule has 0 unspecified atom stereocenters. The Bertz CT molecular complexity index is 819. The molecule has 1 aliphatic heterocycles. The Kier molecular flexibility index (Phi) is 7.30. The molecular formula is C22H30N4O3. The summed E-state index contributed by atoms with van der Waals surface area (Å²) in [5.74, 6) is 1.45. The monoisotopic (exact) mass is 398 g/mol. The highest BCUT2D eigenvalue weighted by molar-refractivity contribution is 5.93. The van der Waals surface area contributed by atoms with Crippen LogP contribution < -0.4 is 14.8 Å². The number of amides is 1. The predicted molar refractivity (Wildman–Crippen MR) is 114 cm³/mol. The minimum absolute atomic E-state index is 0.00398. The van der Waals surface area contributed by atoms with Crippen LogP contribution >= 0.6 is 0 Å². The number of methoxy groups -OCH3 is 2. The smallest absolute Gasteiger partial charge is 0.272 e. The van der Waals surface area contributed by atoms with Crippen LogP contribution in [-0.2, 0) is 6.42 Å². The van der Waals surface area contributed by atoms with E-state index in [1.807, 2.05) is 35.2 Å². The maximum Gasteiger partial charge on any atom is 0.272 e. The zero-order valence-electron chi connectivity index (χ0n) is 17.5. The standard InChI is InChI=1S/C22H30N4O3/c1-4-25-11-13-26(14-12-25)22(27)19-16-18(8-10-24-19)23-9-7-17-5-6-20(28-2)21(15-17)29-3/h5-6,8,10,15-16H,4,7,9,11-14H2,1-3H3,(H,23,24). The first kappa shape index (κ1) is 20.9. The number of aromatic nitrogens is 1. The van der Waals surface area contributed by atoms with Crippen molar-refractivity contribution < 1.29 is 14.3 Å². The zero-order valence-corrected chi connectivity index (χ0v) is 17.5. The SMILES string of the molecule is CCN1CCN(C(=O)c2cc(NCCc3ccc(OC)c(OC)c3)ccn2)CC1. The Labute approximate surface area is 172 Å². The number of benzene rings is 1. The average Bonchev–Trinajstić information content (AvgIpc) is 2.78. The number of ether oxygens (including phenoxy) is 2. The van der Waals surface area contributed by atoms with E-state index in [2.05, 4.69) is 22.1 Å². The highest BCUT2D eigenvalue weighted by Gasteiger charge is 2.22. The summed E-state index contributed by atoms with van der Waals surface area (Å²) < 4.78 is 10.6. The van der Waals surface area contributed by atoms with Gasteiger partial charge in [-0.3, -0.25) is 9.78 Å². The van der Waals surface area contributed by atoms with Crippen molar-refractivity contribution in [3.8, 4) is 11.5 Å². The number of rotatable bonds is 8. The van der Waals surface area contributed by atoms with Gasteiger partial charge in [0.05, 0.1) is 14.2 Å². The van der Waals surface area contributed by atoms with Crippen molar-refractivity contribution in [2.24, 2.45) is 0 Å². The van der Waals surface area contributed by atoms with E-state index in [0.29, 0.717) is 5.69 Å². The topological polar surface area (TPSA) is 66.9 Å². The number of nitrogens with zero attached hydrogens (tertiary/aromatic N) is 3. The van der Waals surface area contributed by atoms with Gasteiger partial charge >= 0.3 is 0 Å². The average molecular weight is 399 g/mol. The summed E-state index contributed by atoms with van der Waals surface area (Å²) in [6.07, 6.45) is 2.51. The lowest BCUT2D eigenvalue weighted by molar-refractivity contribution is 0.0637. The van der Waals surface area contributed by atoms with Crippen LogP contribution in [0.2, 0.25) is 0 Å². The van der Waals surface area contributed by atoms with Crippen LogP contribution in [0.15, 0.2) is 36.5 Å². The van der Waals surface area contributed by atoms with Crippen LogP contribution in [0.4, 0.5) is 5.69 Å². The number of nitrogens with one attached hydrogen (secondary N) is 1. The molecule has 0 aliphatic carbocycles. The number of hydrogen-bond acceptors (Lipinski definition) is 6. The van der Waals surface area contributed by atoms with Crippen molar-refractivity contribution in [1.82, 2.24) is 14.8 Å². The van der Waals surface area contributed by atoms with E-state index >= 15 is 0 Å². The Morgan fingerprint density at radius 2 is 1.83 bits per heavy atom. The van der Waals surface area contributed by atoms with E-state index in [4.69, 9.17) is 9.47 Å². The normalized spacial score (nSPS) is 14.5. The van der Waals surface area contributed by atoms with Crippen LogP contribution in [-0.4, -0.2) is 74.2 Å². The molecule has 0 spiro atoms. The van der Waals surface area contributed by atoms with Gasteiger partial charge in [0.25, 0.3) is 5.91 Å². The van der Waals surface area contributed by atoms with Gasteiger partial charge in [-0.2, -0.15) is 0 Å². The summed E-state index contributed by atoms with van der Waals surface area (Å²) in [5.41, 5.74) is 2.54. The Hall–Kier alpha value is -2.80. The molecule has 7 nitrogen and oxygen atoms in total. The van der Waals surface area contributed by atoms with E-state index in [0.717, 1.165) is 68.4 Å². The van der Waals surface area contributed by atoms with Crippen molar-refractivity contribution in [1.29, 1.82) is 0 Å². The third-order valence-corrected chi connectivity index (χ3v) is 5.28. The summed E-state index contributed by atoms with van der Waals surface area (Å²) in [4.78, 5) is 21.3. The highest BCUT2D eigenvalue weighted by atomic mass is 16.5. The molecule has 1 aromatic carbocycles. The van der Waals surface area contributed by atoms with Crippen molar-refractivity contribution in [3.05, 3.63) is 47.8 Å². The first-order valence-electron chi connectivity index (χ1n) is 10.1. The van der Waals surface area contributed by atoms with Crippen LogP contribution in [0, 0.1) is 0 Å². The van der Waals surface area contributed by atoms with Crippen molar-refractivity contribution >= 4 is 11.6 Å². The maximum atomic E-state index is 12.8. The van der Waals surface area contributed by atoms with Crippen molar-refractivity contribution in [3.63, 3.8) is 0 Å². The number of carbonyl (C=O) groups is 1. The second kappa shape index (κ2) is 10.1. The van der Waals surface area contributed by atoms with Gasteiger partial charge < -0.3 is 24.6 Å². The second-order valence-corrected chi connectivity index (χ2v) is 7.02. The Morgan fingerprint density at radius 3 is 2.52 bits per heavy atom. The highest BCUT2D eigenvalue weighted by Crippen LogP contribution is 2.27. The van der Waals surface area contributed by atoms with Crippen molar-refractivity contribution in [2.45, 2.75) is 13.3 Å². The fourth-order valence-corrected chi connectivity index (χ4v) is 3.47. The van der Waals surface area contributed by atoms with Gasteiger partial charge in [0.15, 0.2) is 11.5 Å². The van der Waals surface area contributed by atoms with Crippen molar-refractivity contribution in [2.75, 3.05) is 58.8 Å². The van der Waals surface area contributed by atoms with E-state index < -0.39 is 0 Å². The summed E-state index contributed by atoms with van der Waals surface area (Å²) in [7, 11) is 3.27.